The summed E-state index contributed by atoms with van der Waals surface area (Å²) >= 11 is 1.54. The molecule has 1 aromatic carbocycles. The predicted octanol–water partition coefficient (Wildman–Crippen LogP) is 4.99. The molecule has 30 heavy (non-hydrogen) atoms. The number of nitrogens with one attached hydrogen (secondary N) is 2. The minimum Gasteiger partial charge on any atom is -0.338 e. The molecule has 1 aliphatic heterocycles. The van der Waals surface area contributed by atoms with Crippen LogP contribution in [0.15, 0.2) is 29.6 Å². The van der Waals surface area contributed by atoms with Crippen molar-refractivity contribution in [3.63, 3.8) is 0 Å². The molecular weight excluding hydrogens is 396 g/mol. The fourth-order valence-corrected chi connectivity index (χ4v) is 4.66. The van der Waals surface area contributed by atoms with Gasteiger partial charge in [-0.05, 0) is 36.3 Å². The number of carbonyl (C=O) groups is 2. The minimum absolute atomic E-state index is 0.0204. The van der Waals surface area contributed by atoms with Gasteiger partial charge in [0.25, 0.3) is 5.91 Å². The molecule has 2 N–H and O–H groups in total. The van der Waals surface area contributed by atoms with Gasteiger partial charge < -0.3 is 15.5 Å². The number of aromatic nitrogens is 1. The van der Waals surface area contributed by atoms with E-state index in [-0.39, 0.29) is 17.4 Å². The molecule has 0 saturated carbocycles. The number of urea groups is 1. The number of rotatable bonds is 5. The van der Waals surface area contributed by atoms with Gasteiger partial charge in [-0.1, -0.05) is 45.9 Å². The van der Waals surface area contributed by atoms with Gasteiger partial charge in [-0.2, -0.15) is 0 Å². The number of hydrogen-bond donors (Lipinski definition) is 2. The normalized spacial score (nSPS) is 15.1. The Labute approximate surface area is 183 Å². The molecule has 1 saturated heterocycles. The quantitative estimate of drug-likeness (QED) is 0.704. The molecule has 0 unspecified atom stereocenters. The van der Waals surface area contributed by atoms with Crippen LogP contribution in [-0.4, -0.2) is 41.5 Å². The second kappa shape index (κ2) is 9.60. The van der Waals surface area contributed by atoms with E-state index in [4.69, 9.17) is 0 Å². The number of thiazole rings is 1. The number of anilines is 1. The van der Waals surface area contributed by atoms with E-state index >= 15 is 0 Å². The third kappa shape index (κ3) is 5.39. The van der Waals surface area contributed by atoms with Crippen molar-refractivity contribution in [3.8, 4) is 0 Å². The number of para-hydroxylation sites is 1. The number of benzene rings is 1. The molecule has 3 amide bonds. The zero-order valence-electron chi connectivity index (χ0n) is 18.3. The van der Waals surface area contributed by atoms with Crippen LogP contribution >= 0.6 is 11.3 Å². The maximum Gasteiger partial charge on any atom is 0.317 e. The summed E-state index contributed by atoms with van der Waals surface area (Å²) in [6, 6.07) is 7.93. The van der Waals surface area contributed by atoms with Crippen molar-refractivity contribution >= 4 is 29.0 Å². The molecular formula is C23H32N4O2S. The highest BCUT2D eigenvalue weighted by molar-refractivity contribution is 7.10. The largest absolute Gasteiger partial charge is 0.338 e. The van der Waals surface area contributed by atoms with E-state index in [1.807, 2.05) is 41.5 Å². The summed E-state index contributed by atoms with van der Waals surface area (Å²) < 4.78 is 0. The number of hydrogen-bond acceptors (Lipinski definition) is 4. The van der Waals surface area contributed by atoms with Gasteiger partial charge in [0.15, 0.2) is 0 Å². The Morgan fingerprint density at radius 2 is 1.90 bits per heavy atom. The van der Waals surface area contributed by atoms with Gasteiger partial charge in [0.05, 0.1) is 5.01 Å². The molecule has 3 rings (SSSR count). The molecule has 1 fully saturated rings. The van der Waals surface area contributed by atoms with E-state index < -0.39 is 0 Å². The van der Waals surface area contributed by atoms with Crippen molar-refractivity contribution in [3.05, 3.63) is 45.9 Å². The molecule has 2 heterocycles. The third-order valence-corrected chi connectivity index (χ3v) is 6.40. The molecule has 7 heteroatoms. The Kier molecular flexibility index (Phi) is 7.13. The molecule has 2 aromatic rings. The van der Waals surface area contributed by atoms with Crippen molar-refractivity contribution in [2.45, 2.75) is 58.3 Å². The summed E-state index contributed by atoms with van der Waals surface area (Å²) in [5, 5.41) is 8.79. The standard InChI is InChI=1S/C23H32N4O2S/c1-5-12-24-22(29)27-13-10-16(11-14-27)21-26-19(15-30-21)20(28)25-18-9-7-6-8-17(18)23(2,3)4/h6-9,15-16H,5,10-14H2,1-4H3,(H,24,29)(H,25,28). The summed E-state index contributed by atoms with van der Waals surface area (Å²) in [6.07, 6.45) is 2.69. The van der Waals surface area contributed by atoms with Crippen molar-refractivity contribution in [2.24, 2.45) is 0 Å². The maximum absolute atomic E-state index is 12.8. The number of piperidine rings is 1. The van der Waals surface area contributed by atoms with Crippen molar-refractivity contribution < 1.29 is 9.59 Å². The third-order valence-electron chi connectivity index (χ3n) is 5.40. The smallest absolute Gasteiger partial charge is 0.317 e. The highest BCUT2D eigenvalue weighted by Crippen LogP contribution is 2.32. The summed E-state index contributed by atoms with van der Waals surface area (Å²) in [4.78, 5) is 31.4. The van der Waals surface area contributed by atoms with Crippen LogP contribution in [0.4, 0.5) is 10.5 Å². The minimum atomic E-state index is -0.175. The predicted molar refractivity (Wildman–Crippen MR) is 122 cm³/mol. The molecule has 162 valence electrons. The van der Waals surface area contributed by atoms with Crippen LogP contribution < -0.4 is 10.6 Å². The van der Waals surface area contributed by atoms with Gasteiger partial charge in [-0.3, -0.25) is 4.79 Å². The summed E-state index contributed by atoms with van der Waals surface area (Å²) in [6.45, 7) is 10.6. The van der Waals surface area contributed by atoms with Crippen LogP contribution in [0.5, 0.6) is 0 Å². The fraction of sp³-hybridized carbons (Fsp3) is 0.522. The number of likely N-dealkylation sites (tertiary alicyclic amines) is 1. The lowest BCUT2D eigenvalue weighted by molar-refractivity contribution is 0.102. The maximum atomic E-state index is 12.8. The first-order chi connectivity index (χ1) is 14.3. The van der Waals surface area contributed by atoms with E-state index in [9.17, 15) is 9.59 Å². The van der Waals surface area contributed by atoms with Gasteiger partial charge in [-0.15, -0.1) is 11.3 Å². The van der Waals surface area contributed by atoms with Crippen LogP contribution in [0.25, 0.3) is 0 Å². The van der Waals surface area contributed by atoms with Crippen LogP contribution in [0.1, 0.15) is 73.9 Å². The topological polar surface area (TPSA) is 74.3 Å². The molecule has 0 spiro atoms. The van der Waals surface area contributed by atoms with Crippen molar-refractivity contribution in [1.29, 1.82) is 0 Å². The molecule has 1 aromatic heterocycles. The summed E-state index contributed by atoms with van der Waals surface area (Å²) in [7, 11) is 0. The molecule has 0 aliphatic carbocycles. The molecule has 0 bridgehead atoms. The Hall–Kier alpha value is -2.41. The van der Waals surface area contributed by atoms with Gasteiger partial charge >= 0.3 is 6.03 Å². The van der Waals surface area contributed by atoms with Crippen LogP contribution in [0, 0.1) is 0 Å². The molecule has 6 nitrogen and oxygen atoms in total. The lowest BCUT2D eigenvalue weighted by Crippen LogP contribution is -2.44. The lowest BCUT2D eigenvalue weighted by Gasteiger charge is -2.31. The van der Waals surface area contributed by atoms with Crippen molar-refractivity contribution in [2.75, 3.05) is 25.0 Å². The first-order valence-corrected chi connectivity index (χ1v) is 11.6. The highest BCUT2D eigenvalue weighted by atomic mass is 32.1. The number of amides is 3. The lowest BCUT2D eigenvalue weighted by atomic mass is 9.86. The first kappa shape index (κ1) is 22.3. The summed E-state index contributed by atoms with van der Waals surface area (Å²) in [5.41, 5.74) is 2.33. The van der Waals surface area contributed by atoms with Crippen LogP contribution in [0.3, 0.4) is 0 Å². The zero-order valence-corrected chi connectivity index (χ0v) is 19.1. The average molecular weight is 429 g/mol. The van der Waals surface area contributed by atoms with E-state index in [2.05, 4.69) is 36.4 Å². The highest BCUT2D eigenvalue weighted by Gasteiger charge is 2.26. The second-order valence-electron chi connectivity index (χ2n) is 8.81. The Bertz CT molecular complexity index is 879. The van der Waals surface area contributed by atoms with Crippen LogP contribution in [0.2, 0.25) is 0 Å². The molecule has 1 aliphatic rings. The molecule has 0 radical (unpaired) electrons. The monoisotopic (exact) mass is 428 g/mol. The second-order valence-corrected chi connectivity index (χ2v) is 9.70. The van der Waals surface area contributed by atoms with Gasteiger partial charge in [-0.25, -0.2) is 9.78 Å². The molecule has 0 atom stereocenters. The average Bonchev–Trinajstić information content (AvgIpc) is 3.22. The van der Waals surface area contributed by atoms with E-state index in [1.54, 1.807) is 0 Å². The Morgan fingerprint density at radius 3 is 2.57 bits per heavy atom. The number of nitrogens with zero attached hydrogens (tertiary/aromatic N) is 2. The zero-order chi connectivity index (χ0) is 21.7. The van der Waals surface area contributed by atoms with Crippen molar-refractivity contribution in [1.82, 2.24) is 15.2 Å². The SMILES string of the molecule is CCCNC(=O)N1CCC(c2nc(C(=O)Nc3ccccc3C(C)(C)C)cs2)CC1. The van der Waals surface area contributed by atoms with Gasteiger partial charge in [0.2, 0.25) is 0 Å². The number of carbonyl (C=O) groups excluding carboxylic acids is 2. The Balaban J connectivity index is 1.61. The van der Waals surface area contributed by atoms with Gasteiger partial charge in [0.1, 0.15) is 5.69 Å². The van der Waals surface area contributed by atoms with E-state index in [0.29, 0.717) is 18.2 Å². The van der Waals surface area contributed by atoms with Gasteiger partial charge in [0, 0.05) is 36.6 Å². The first-order valence-electron chi connectivity index (χ1n) is 10.7. The van der Waals surface area contributed by atoms with E-state index in [0.717, 1.165) is 48.6 Å². The van der Waals surface area contributed by atoms with Crippen LogP contribution in [-0.2, 0) is 5.41 Å². The summed E-state index contributed by atoms with van der Waals surface area (Å²) in [5.74, 6) is 0.124. The Morgan fingerprint density at radius 1 is 1.20 bits per heavy atom. The van der Waals surface area contributed by atoms with E-state index in [1.165, 1.54) is 11.3 Å². The fourth-order valence-electron chi connectivity index (χ4n) is 3.69.